The molecule has 0 saturated carbocycles. The number of carbonyl (C=O) groups excluding carboxylic acids is 1. The van der Waals surface area contributed by atoms with Gasteiger partial charge in [0.25, 0.3) is 15.9 Å². The van der Waals surface area contributed by atoms with Gasteiger partial charge in [-0.1, -0.05) is 12.1 Å². The van der Waals surface area contributed by atoms with Crippen LogP contribution in [0.3, 0.4) is 0 Å². The van der Waals surface area contributed by atoms with E-state index in [1.165, 1.54) is 57.1 Å². The van der Waals surface area contributed by atoms with E-state index in [1.54, 1.807) is 48.2 Å². The molecule has 280 valence electrons. The van der Waals surface area contributed by atoms with Crippen molar-refractivity contribution in [3.63, 3.8) is 0 Å². The fourth-order valence-electron chi connectivity index (χ4n) is 5.92. The minimum atomic E-state index is -4.40. The second-order valence-corrected chi connectivity index (χ2v) is 14.2. The van der Waals surface area contributed by atoms with E-state index in [0.29, 0.717) is 39.8 Å². The Balaban J connectivity index is 1.50. The summed E-state index contributed by atoms with van der Waals surface area (Å²) >= 11 is 0. The van der Waals surface area contributed by atoms with Gasteiger partial charge in [-0.05, 0) is 37.6 Å². The summed E-state index contributed by atoms with van der Waals surface area (Å²) in [4.78, 5) is 24.1. The van der Waals surface area contributed by atoms with Crippen LogP contribution in [0.2, 0.25) is 0 Å². The largest absolute Gasteiger partial charge is 0.497 e. The zero-order chi connectivity index (χ0) is 38.3. The summed E-state index contributed by atoms with van der Waals surface area (Å²) in [6, 6.07) is 16.1. The van der Waals surface area contributed by atoms with Gasteiger partial charge in [0.05, 0.1) is 45.3 Å². The Morgan fingerprint density at radius 3 is 2.11 bits per heavy atom. The Morgan fingerprint density at radius 1 is 0.925 bits per heavy atom. The predicted molar refractivity (Wildman–Crippen MR) is 192 cm³/mol. The Bertz CT molecular complexity index is 2070. The van der Waals surface area contributed by atoms with Gasteiger partial charge >= 0.3 is 0 Å². The van der Waals surface area contributed by atoms with Crippen molar-refractivity contribution in [2.45, 2.75) is 50.2 Å². The molecule has 1 amide bonds. The Kier molecular flexibility index (Phi) is 12.0. The lowest BCUT2D eigenvalue weighted by molar-refractivity contribution is -0.0102. The second-order valence-electron chi connectivity index (χ2n) is 12.3. The topological polar surface area (TPSA) is 156 Å². The molecular formula is C37H40F2N6O7S. The average molecular weight is 751 g/mol. The summed E-state index contributed by atoms with van der Waals surface area (Å²) < 4.78 is 80.3. The van der Waals surface area contributed by atoms with Gasteiger partial charge in [0.1, 0.15) is 34.9 Å². The van der Waals surface area contributed by atoms with Gasteiger partial charge in [0.15, 0.2) is 5.03 Å². The Hall–Kier alpha value is -5.53. The number of sulfonamides is 1. The first-order chi connectivity index (χ1) is 25.3. The molecule has 3 heterocycles. The lowest BCUT2D eigenvalue weighted by Gasteiger charge is -2.25. The van der Waals surface area contributed by atoms with Crippen LogP contribution in [0.25, 0.3) is 0 Å². The number of hydrogen-bond acceptors (Lipinski definition) is 11. The maximum atomic E-state index is 14.5. The third kappa shape index (κ3) is 8.93. The van der Waals surface area contributed by atoms with Gasteiger partial charge in [-0.2, -0.15) is 9.57 Å². The van der Waals surface area contributed by atoms with Crippen molar-refractivity contribution in [3.8, 4) is 29.1 Å². The number of halogens is 2. The minimum Gasteiger partial charge on any atom is -0.497 e. The molecule has 0 aliphatic carbocycles. The first-order valence-electron chi connectivity index (χ1n) is 16.6. The van der Waals surface area contributed by atoms with Crippen molar-refractivity contribution in [2.24, 2.45) is 0 Å². The van der Waals surface area contributed by atoms with Gasteiger partial charge in [0, 0.05) is 80.2 Å². The van der Waals surface area contributed by atoms with E-state index in [4.69, 9.17) is 18.9 Å². The highest BCUT2D eigenvalue weighted by atomic mass is 32.2. The summed E-state index contributed by atoms with van der Waals surface area (Å²) in [5.74, 6) is -1.57. The maximum Gasteiger partial charge on any atom is 0.261 e. The zero-order valence-corrected chi connectivity index (χ0v) is 30.8. The van der Waals surface area contributed by atoms with Gasteiger partial charge in [0.2, 0.25) is 5.92 Å². The molecular weight excluding hydrogens is 711 g/mol. The van der Waals surface area contributed by atoms with Gasteiger partial charge in [-0.15, -0.1) is 0 Å². The van der Waals surface area contributed by atoms with Crippen LogP contribution in [0.5, 0.6) is 23.0 Å². The van der Waals surface area contributed by atoms with Crippen LogP contribution < -0.4 is 29.2 Å². The number of amides is 1. The molecule has 5 rings (SSSR count). The van der Waals surface area contributed by atoms with E-state index in [2.05, 4.69) is 15.3 Å². The summed E-state index contributed by atoms with van der Waals surface area (Å²) in [6.07, 6.45) is 0.722. The van der Waals surface area contributed by atoms with Crippen LogP contribution in [0.15, 0.2) is 65.8 Å². The number of pyridine rings is 2. The van der Waals surface area contributed by atoms with Gasteiger partial charge < -0.3 is 29.2 Å². The van der Waals surface area contributed by atoms with Crippen LogP contribution in [0.1, 0.15) is 52.0 Å². The number of anilines is 2. The molecule has 4 aromatic rings. The number of aryl methyl sites for hydroxylation is 1. The summed E-state index contributed by atoms with van der Waals surface area (Å²) in [7, 11) is 1.55. The molecule has 0 atom stereocenters. The van der Waals surface area contributed by atoms with Crippen LogP contribution >= 0.6 is 0 Å². The molecule has 0 unspecified atom stereocenters. The van der Waals surface area contributed by atoms with Crippen molar-refractivity contribution < 1.29 is 40.9 Å². The molecule has 0 radical (unpaired) electrons. The first kappa shape index (κ1) is 38.7. The van der Waals surface area contributed by atoms with Crippen molar-refractivity contribution in [1.29, 1.82) is 5.26 Å². The maximum absolute atomic E-state index is 14.5. The summed E-state index contributed by atoms with van der Waals surface area (Å²) in [5, 5.41) is 12.0. The van der Waals surface area contributed by atoms with E-state index in [-0.39, 0.29) is 66.7 Å². The SMILES string of the molecule is COc1ccc(CN(Cc2ccc(OC)cc2OC)S(=O)(=O)c2cc(NC(=O)c3cc(C#N)c(C)nc3N3CCCC(F)(F)CC3)ccn2)c(OC)c1. The highest BCUT2D eigenvalue weighted by molar-refractivity contribution is 7.89. The molecule has 2 aromatic carbocycles. The van der Waals surface area contributed by atoms with E-state index >= 15 is 0 Å². The number of nitrogens with one attached hydrogen (secondary N) is 1. The smallest absolute Gasteiger partial charge is 0.261 e. The first-order valence-corrected chi connectivity index (χ1v) is 18.0. The molecule has 1 aliphatic rings. The predicted octanol–water partition coefficient (Wildman–Crippen LogP) is 5.96. The molecule has 2 aromatic heterocycles. The van der Waals surface area contributed by atoms with Gasteiger partial charge in [-0.3, -0.25) is 4.79 Å². The highest BCUT2D eigenvalue weighted by Gasteiger charge is 2.34. The fourth-order valence-corrected chi connectivity index (χ4v) is 7.27. The number of methoxy groups -OCH3 is 4. The van der Waals surface area contributed by atoms with Crippen molar-refractivity contribution in [2.75, 3.05) is 51.7 Å². The number of carbonyl (C=O) groups is 1. The molecule has 1 saturated heterocycles. The molecule has 1 N–H and O–H groups in total. The molecule has 16 heteroatoms. The third-order valence-corrected chi connectivity index (χ3v) is 10.5. The van der Waals surface area contributed by atoms with E-state index < -0.39 is 28.3 Å². The number of rotatable bonds is 13. The van der Waals surface area contributed by atoms with Crippen LogP contribution in [-0.4, -0.2) is 76.0 Å². The van der Waals surface area contributed by atoms with Crippen LogP contribution in [-0.2, 0) is 23.1 Å². The molecule has 0 spiro atoms. The van der Waals surface area contributed by atoms with E-state index in [9.17, 15) is 27.3 Å². The molecule has 1 fully saturated rings. The number of aromatic nitrogens is 2. The zero-order valence-electron chi connectivity index (χ0n) is 30.0. The summed E-state index contributed by atoms with van der Waals surface area (Å²) in [5.41, 5.74) is 1.61. The number of nitriles is 1. The Labute approximate surface area is 307 Å². The quantitative estimate of drug-likeness (QED) is 0.172. The second kappa shape index (κ2) is 16.4. The number of ether oxygens (including phenoxy) is 4. The number of alkyl halides is 2. The standard InChI is InChI=1S/C37H40F2N6O7S/c1-24-27(21-40)17-31(35(42-24)44-15-6-12-37(38,39)13-16-44)36(46)43-28-11-14-41-34(18-28)53(47,48)45(22-25-7-9-29(49-2)19-32(25)51-4)23-26-8-10-30(50-3)20-33(26)52-5/h7-11,14,17-20H,6,12-13,15-16,22-23H2,1-5H3,(H,41,43,46). The molecule has 0 bridgehead atoms. The molecule has 13 nitrogen and oxygen atoms in total. The lowest BCUT2D eigenvalue weighted by atomic mass is 10.1. The summed E-state index contributed by atoms with van der Waals surface area (Å²) in [6.45, 7) is 1.50. The fraction of sp³-hybridized carbons (Fsp3) is 0.351. The lowest BCUT2D eigenvalue weighted by Crippen LogP contribution is -2.31. The van der Waals surface area contributed by atoms with E-state index in [1.807, 2.05) is 6.07 Å². The monoisotopic (exact) mass is 750 g/mol. The molecule has 53 heavy (non-hydrogen) atoms. The number of benzene rings is 2. The third-order valence-electron chi connectivity index (χ3n) is 8.85. The normalized spacial score (nSPS) is 14.2. The number of nitrogens with zero attached hydrogens (tertiary/aromatic N) is 5. The molecule has 1 aliphatic heterocycles. The minimum absolute atomic E-state index is 0.0154. The number of hydrogen-bond donors (Lipinski definition) is 1. The van der Waals surface area contributed by atoms with Gasteiger partial charge in [-0.25, -0.2) is 27.2 Å². The van der Waals surface area contributed by atoms with E-state index in [0.717, 1.165) is 0 Å². The highest BCUT2D eigenvalue weighted by Crippen LogP contribution is 2.34. The van der Waals surface area contributed by atoms with Crippen molar-refractivity contribution in [3.05, 3.63) is 88.7 Å². The van der Waals surface area contributed by atoms with Crippen molar-refractivity contribution in [1.82, 2.24) is 14.3 Å². The van der Waals surface area contributed by atoms with Crippen LogP contribution in [0.4, 0.5) is 20.3 Å². The van der Waals surface area contributed by atoms with Crippen LogP contribution in [0, 0.1) is 18.3 Å². The average Bonchev–Trinajstić information content (AvgIpc) is 3.34. The van der Waals surface area contributed by atoms with Crippen molar-refractivity contribution >= 4 is 27.4 Å². The Morgan fingerprint density at radius 2 is 1.55 bits per heavy atom.